The summed E-state index contributed by atoms with van der Waals surface area (Å²) in [6.07, 6.45) is 2.76. The Bertz CT molecular complexity index is 831. The molecule has 2 rings (SSSR count). The SMILES string of the molecule is Cc1cccc(NC(=O)COC(=O)C=Cc2ccc(Cl)c(Cl)c2)c1C. The van der Waals surface area contributed by atoms with Gasteiger partial charge in [-0.2, -0.15) is 0 Å². The molecule has 2 aromatic carbocycles. The minimum atomic E-state index is -0.623. The fourth-order valence-corrected chi connectivity index (χ4v) is 2.34. The number of carbonyl (C=O) groups is 2. The van der Waals surface area contributed by atoms with E-state index in [1.807, 2.05) is 26.0 Å². The Morgan fingerprint density at radius 3 is 2.60 bits per heavy atom. The van der Waals surface area contributed by atoms with Gasteiger partial charge in [0.15, 0.2) is 6.61 Å². The van der Waals surface area contributed by atoms with Crippen molar-refractivity contribution in [2.24, 2.45) is 0 Å². The van der Waals surface area contributed by atoms with Gasteiger partial charge in [-0.25, -0.2) is 4.79 Å². The Hall–Kier alpha value is -2.30. The largest absolute Gasteiger partial charge is 0.452 e. The van der Waals surface area contributed by atoms with E-state index in [1.54, 1.807) is 24.3 Å². The lowest BCUT2D eigenvalue weighted by Crippen LogP contribution is -2.20. The predicted molar refractivity (Wildman–Crippen MR) is 101 cm³/mol. The van der Waals surface area contributed by atoms with Gasteiger partial charge in [0.05, 0.1) is 10.0 Å². The van der Waals surface area contributed by atoms with E-state index in [1.165, 1.54) is 12.2 Å². The predicted octanol–water partition coefficient (Wildman–Crippen LogP) is 4.81. The van der Waals surface area contributed by atoms with Crippen LogP contribution in [0.25, 0.3) is 6.08 Å². The van der Waals surface area contributed by atoms with Crippen molar-refractivity contribution in [2.75, 3.05) is 11.9 Å². The van der Waals surface area contributed by atoms with Crippen LogP contribution in [-0.4, -0.2) is 18.5 Å². The van der Waals surface area contributed by atoms with Crippen LogP contribution in [0.1, 0.15) is 16.7 Å². The van der Waals surface area contributed by atoms with Crippen LogP contribution in [0, 0.1) is 13.8 Å². The number of amides is 1. The summed E-state index contributed by atoms with van der Waals surface area (Å²) in [5, 5.41) is 3.55. The third-order valence-electron chi connectivity index (χ3n) is 3.58. The van der Waals surface area contributed by atoms with Gasteiger partial charge in [-0.05, 0) is 54.8 Å². The smallest absolute Gasteiger partial charge is 0.331 e. The van der Waals surface area contributed by atoms with E-state index in [0.717, 1.165) is 11.1 Å². The molecule has 0 spiro atoms. The number of carbonyl (C=O) groups excluding carboxylic acids is 2. The van der Waals surface area contributed by atoms with Gasteiger partial charge in [-0.1, -0.05) is 41.4 Å². The molecule has 0 aliphatic rings. The lowest BCUT2D eigenvalue weighted by Gasteiger charge is -2.10. The third-order valence-corrected chi connectivity index (χ3v) is 4.32. The van der Waals surface area contributed by atoms with Crippen molar-refractivity contribution < 1.29 is 14.3 Å². The van der Waals surface area contributed by atoms with Crippen molar-refractivity contribution in [1.82, 2.24) is 0 Å². The number of hydrogen-bond acceptors (Lipinski definition) is 3. The summed E-state index contributed by atoms with van der Waals surface area (Å²) in [5.41, 5.74) is 3.44. The van der Waals surface area contributed by atoms with Crippen molar-refractivity contribution in [1.29, 1.82) is 0 Å². The van der Waals surface area contributed by atoms with E-state index in [2.05, 4.69) is 5.32 Å². The summed E-state index contributed by atoms with van der Waals surface area (Å²) in [6.45, 7) is 3.51. The molecule has 1 amide bonds. The van der Waals surface area contributed by atoms with Crippen LogP contribution in [0.5, 0.6) is 0 Å². The summed E-state index contributed by atoms with van der Waals surface area (Å²) >= 11 is 11.7. The number of esters is 1. The molecule has 0 bridgehead atoms. The number of benzene rings is 2. The zero-order valence-electron chi connectivity index (χ0n) is 13.8. The molecule has 1 N–H and O–H groups in total. The van der Waals surface area contributed by atoms with Gasteiger partial charge in [0.25, 0.3) is 5.91 Å². The fraction of sp³-hybridized carbons (Fsp3) is 0.158. The number of halogens is 2. The zero-order valence-corrected chi connectivity index (χ0v) is 15.3. The van der Waals surface area contributed by atoms with Gasteiger partial charge >= 0.3 is 5.97 Å². The van der Waals surface area contributed by atoms with Crippen molar-refractivity contribution >= 4 is 46.8 Å². The Morgan fingerprint density at radius 2 is 1.88 bits per heavy atom. The van der Waals surface area contributed by atoms with Crippen molar-refractivity contribution in [3.63, 3.8) is 0 Å². The van der Waals surface area contributed by atoms with Crippen molar-refractivity contribution in [3.05, 3.63) is 69.2 Å². The van der Waals surface area contributed by atoms with Crippen LogP contribution in [0.2, 0.25) is 10.0 Å². The molecule has 0 saturated carbocycles. The number of hydrogen-bond donors (Lipinski definition) is 1. The van der Waals surface area contributed by atoms with Crippen LogP contribution < -0.4 is 5.32 Å². The molecule has 0 aromatic heterocycles. The number of ether oxygens (including phenoxy) is 1. The number of anilines is 1. The van der Waals surface area contributed by atoms with Crippen LogP contribution in [0.15, 0.2) is 42.5 Å². The molecule has 0 heterocycles. The Labute approximate surface area is 156 Å². The second-order valence-electron chi connectivity index (χ2n) is 5.41. The topological polar surface area (TPSA) is 55.4 Å². The summed E-state index contributed by atoms with van der Waals surface area (Å²) in [4.78, 5) is 23.6. The lowest BCUT2D eigenvalue weighted by atomic mass is 10.1. The van der Waals surface area contributed by atoms with E-state index in [4.69, 9.17) is 27.9 Å². The van der Waals surface area contributed by atoms with Crippen LogP contribution in [-0.2, 0) is 14.3 Å². The molecule has 4 nitrogen and oxygen atoms in total. The van der Waals surface area contributed by atoms with Gasteiger partial charge in [0, 0.05) is 11.8 Å². The molecule has 0 saturated heterocycles. The Morgan fingerprint density at radius 1 is 1.12 bits per heavy atom. The van der Waals surface area contributed by atoms with Crippen molar-refractivity contribution in [3.8, 4) is 0 Å². The summed E-state index contributed by atoms with van der Waals surface area (Å²) in [7, 11) is 0. The van der Waals surface area contributed by atoms with Gasteiger partial charge < -0.3 is 10.1 Å². The molecule has 0 aliphatic carbocycles. The van der Waals surface area contributed by atoms with Crippen LogP contribution >= 0.6 is 23.2 Å². The molecular formula is C19H17Cl2NO3. The molecule has 2 aromatic rings. The van der Waals surface area contributed by atoms with E-state index in [0.29, 0.717) is 21.3 Å². The average molecular weight is 378 g/mol. The lowest BCUT2D eigenvalue weighted by molar-refractivity contribution is -0.142. The highest BCUT2D eigenvalue weighted by Gasteiger charge is 2.08. The summed E-state index contributed by atoms with van der Waals surface area (Å²) < 4.78 is 4.93. The molecule has 0 radical (unpaired) electrons. The average Bonchev–Trinajstić information content (AvgIpc) is 2.58. The second-order valence-corrected chi connectivity index (χ2v) is 6.22. The van der Waals surface area contributed by atoms with Crippen molar-refractivity contribution in [2.45, 2.75) is 13.8 Å². The maximum Gasteiger partial charge on any atom is 0.331 e. The first kappa shape index (κ1) is 19.0. The summed E-state index contributed by atoms with van der Waals surface area (Å²) in [6, 6.07) is 10.6. The van der Waals surface area contributed by atoms with Crippen LogP contribution in [0.3, 0.4) is 0 Å². The maximum atomic E-state index is 11.9. The number of nitrogens with one attached hydrogen (secondary N) is 1. The molecule has 25 heavy (non-hydrogen) atoms. The van der Waals surface area contributed by atoms with Gasteiger partial charge in [-0.3, -0.25) is 4.79 Å². The second kappa shape index (κ2) is 8.70. The minimum absolute atomic E-state index is 0.363. The zero-order chi connectivity index (χ0) is 18.4. The molecule has 0 unspecified atom stereocenters. The first-order valence-corrected chi connectivity index (χ1v) is 8.28. The van der Waals surface area contributed by atoms with Gasteiger partial charge in [0.2, 0.25) is 0 Å². The normalized spacial score (nSPS) is 10.7. The van der Waals surface area contributed by atoms with Gasteiger partial charge in [0.1, 0.15) is 0 Å². The van der Waals surface area contributed by atoms with E-state index in [-0.39, 0.29) is 6.61 Å². The third kappa shape index (κ3) is 5.62. The highest BCUT2D eigenvalue weighted by Crippen LogP contribution is 2.23. The molecule has 6 heteroatoms. The molecule has 0 atom stereocenters. The first-order valence-electron chi connectivity index (χ1n) is 7.53. The highest BCUT2D eigenvalue weighted by atomic mass is 35.5. The van der Waals surface area contributed by atoms with E-state index < -0.39 is 11.9 Å². The molecule has 130 valence electrons. The fourth-order valence-electron chi connectivity index (χ4n) is 2.04. The minimum Gasteiger partial charge on any atom is -0.452 e. The molecule has 0 aliphatic heterocycles. The monoisotopic (exact) mass is 377 g/mol. The summed E-state index contributed by atoms with van der Waals surface area (Å²) in [5.74, 6) is -1.02. The standard InChI is InChI=1S/C19H17Cl2NO3/c1-12-4-3-5-17(13(12)2)22-18(23)11-25-19(24)9-7-14-6-8-15(20)16(21)10-14/h3-10H,11H2,1-2H3,(H,22,23). The number of aryl methyl sites for hydroxylation is 1. The highest BCUT2D eigenvalue weighted by molar-refractivity contribution is 6.42. The first-order chi connectivity index (χ1) is 11.9. The van der Waals surface area contributed by atoms with Gasteiger partial charge in [-0.15, -0.1) is 0 Å². The Balaban J connectivity index is 1.86. The molecular weight excluding hydrogens is 361 g/mol. The van der Waals surface area contributed by atoms with Crippen LogP contribution in [0.4, 0.5) is 5.69 Å². The maximum absolute atomic E-state index is 11.9. The van der Waals surface area contributed by atoms with E-state index >= 15 is 0 Å². The van der Waals surface area contributed by atoms with E-state index in [9.17, 15) is 9.59 Å². The molecule has 0 fully saturated rings. The Kier molecular flexibility index (Phi) is 6.62. The quantitative estimate of drug-likeness (QED) is 0.600. The number of rotatable bonds is 5.